The topological polar surface area (TPSA) is 0 Å². The molecule has 0 saturated carbocycles. The van der Waals surface area contributed by atoms with E-state index >= 15 is 0 Å². The molecule has 0 atom stereocenters. The first-order valence-electron chi connectivity index (χ1n) is 15.7. The minimum absolute atomic E-state index is 0.439. The SMILES string of the molecule is c1ccc(-c2ccc3cc(C4(c5ccc6cc(-c7ccccc7)ccc6c5)c5ccccc5-c5ccccc54)ccc3c2)cc1. The first-order chi connectivity index (χ1) is 22.3. The van der Waals surface area contributed by atoms with Crippen LogP contribution in [0.25, 0.3) is 54.9 Å². The molecule has 45 heavy (non-hydrogen) atoms. The molecule has 0 heterocycles. The van der Waals surface area contributed by atoms with Crippen molar-refractivity contribution in [2.45, 2.75) is 5.41 Å². The van der Waals surface area contributed by atoms with E-state index in [9.17, 15) is 0 Å². The van der Waals surface area contributed by atoms with Crippen LogP contribution in [0.5, 0.6) is 0 Å². The van der Waals surface area contributed by atoms with Gasteiger partial charge in [-0.3, -0.25) is 0 Å². The molecule has 0 saturated heterocycles. The zero-order valence-electron chi connectivity index (χ0n) is 24.8. The Bertz CT molecular complexity index is 2190. The zero-order chi connectivity index (χ0) is 29.8. The molecular weight excluding hydrogens is 540 g/mol. The minimum Gasteiger partial charge on any atom is -0.0622 e. The standard InChI is InChI=1S/C45H30/c1-3-11-31(12-4-1)33-19-21-37-29-39(25-23-35(37)27-33)45(43-17-9-7-15-41(43)42-16-8-10-18-44(42)45)40-26-24-36-28-34(20-22-38(36)30-40)32-13-5-2-6-14-32/h1-30H. The normalized spacial score (nSPS) is 13.1. The molecule has 0 unspecified atom stereocenters. The molecule has 0 spiro atoms. The lowest BCUT2D eigenvalue weighted by molar-refractivity contribution is 0.771. The fraction of sp³-hybridized carbons (Fsp3) is 0.0222. The summed E-state index contributed by atoms with van der Waals surface area (Å²) < 4.78 is 0. The van der Waals surface area contributed by atoms with Crippen molar-refractivity contribution >= 4 is 21.5 Å². The molecule has 9 rings (SSSR count). The summed E-state index contributed by atoms with van der Waals surface area (Å²) in [6, 6.07) is 67.2. The van der Waals surface area contributed by atoms with Gasteiger partial charge in [-0.1, -0.05) is 158 Å². The van der Waals surface area contributed by atoms with Crippen LogP contribution < -0.4 is 0 Å². The molecule has 1 aliphatic carbocycles. The quantitative estimate of drug-likeness (QED) is 0.197. The van der Waals surface area contributed by atoms with Crippen LogP contribution in [0, 0.1) is 0 Å². The number of fused-ring (bicyclic) bond motifs is 5. The Balaban J connectivity index is 1.28. The highest BCUT2D eigenvalue weighted by molar-refractivity contribution is 5.93. The first-order valence-corrected chi connectivity index (χ1v) is 15.7. The first kappa shape index (κ1) is 25.7. The van der Waals surface area contributed by atoms with Crippen molar-refractivity contribution in [2.75, 3.05) is 0 Å². The van der Waals surface area contributed by atoms with Gasteiger partial charge < -0.3 is 0 Å². The van der Waals surface area contributed by atoms with E-state index in [0.717, 1.165) is 0 Å². The van der Waals surface area contributed by atoms with Gasteiger partial charge in [0, 0.05) is 0 Å². The van der Waals surface area contributed by atoms with Crippen molar-refractivity contribution in [1.29, 1.82) is 0 Å². The van der Waals surface area contributed by atoms with Gasteiger partial charge in [0.1, 0.15) is 0 Å². The van der Waals surface area contributed by atoms with Crippen molar-refractivity contribution in [3.8, 4) is 33.4 Å². The van der Waals surface area contributed by atoms with Gasteiger partial charge in [0.2, 0.25) is 0 Å². The van der Waals surface area contributed by atoms with Crippen molar-refractivity contribution in [3.05, 3.63) is 204 Å². The highest BCUT2D eigenvalue weighted by atomic mass is 14.5. The molecule has 0 amide bonds. The zero-order valence-corrected chi connectivity index (χ0v) is 24.8. The highest BCUT2D eigenvalue weighted by Gasteiger charge is 2.46. The van der Waals surface area contributed by atoms with Crippen LogP contribution in [0.15, 0.2) is 182 Å². The third-order valence-corrected chi connectivity index (χ3v) is 9.71. The summed E-state index contributed by atoms with van der Waals surface area (Å²) in [6.07, 6.45) is 0. The Morgan fingerprint density at radius 3 is 1.11 bits per heavy atom. The van der Waals surface area contributed by atoms with E-state index < -0.39 is 5.41 Å². The van der Waals surface area contributed by atoms with Gasteiger partial charge in [0.05, 0.1) is 5.41 Å². The van der Waals surface area contributed by atoms with E-state index in [0.29, 0.717) is 0 Å². The van der Waals surface area contributed by atoms with Crippen molar-refractivity contribution in [3.63, 3.8) is 0 Å². The molecule has 0 bridgehead atoms. The Kier molecular flexibility index (Phi) is 5.83. The van der Waals surface area contributed by atoms with Gasteiger partial charge in [-0.2, -0.15) is 0 Å². The van der Waals surface area contributed by atoms with Crippen LogP contribution in [-0.4, -0.2) is 0 Å². The van der Waals surface area contributed by atoms with Crippen molar-refractivity contribution in [1.82, 2.24) is 0 Å². The van der Waals surface area contributed by atoms with Crippen LogP contribution >= 0.6 is 0 Å². The second-order valence-corrected chi connectivity index (χ2v) is 12.1. The fourth-order valence-electron chi connectivity index (χ4n) is 7.60. The smallest absolute Gasteiger partial charge is 0.0622 e. The summed E-state index contributed by atoms with van der Waals surface area (Å²) in [5.74, 6) is 0. The highest BCUT2D eigenvalue weighted by Crippen LogP contribution is 2.56. The third kappa shape index (κ3) is 4.00. The van der Waals surface area contributed by atoms with E-state index in [2.05, 4.69) is 182 Å². The maximum absolute atomic E-state index is 2.42. The second kappa shape index (κ2) is 10.2. The molecule has 0 fully saturated rings. The number of hydrogen-bond donors (Lipinski definition) is 0. The summed E-state index contributed by atoms with van der Waals surface area (Å²) in [5, 5.41) is 5.01. The third-order valence-electron chi connectivity index (χ3n) is 9.71. The summed E-state index contributed by atoms with van der Waals surface area (Å²) in [4.78, 5) is 0. The molecular formula is C45H30. The lowest BCUT2D eigenvalue weighted by atomic mass is 9.67. The van der Waals surface area contributed by atoms with Crippen molar-refractivity contribution in [2.24, 2.45) is 0 Å². The average Bonchev–Trinajstić information content (AvgIpc) is 3.42. The van der Waals surface area contributed by atoms with Crippen LogP contribution in [0.2, 0.25) is 0 Å². The second-order valence-electron chi connectivity index (χ2n) is 12.1. The van der Waals surface area contributed by atoms with Gasteiger partial charge in [-0.15, -0.1) is 0 Å². The van der Waals surface area contributed by atoms with E-state index in [1.807, 2.05) is 0 Å². The van der Waals surface area contributed by atoms with E-state index in [-0.39, 0.29) is 0 Å². The number of benzene rings is 8. The maximum atomic E-state index is 2.42. The number of rotatable bonds is 4. The Labute approximate surface area is 263 Å². The molecule has 1 aliphatic rings. The molecule has 0 radical (unpaired) electrons. The Morgan fingerprint density at radius 1 is 0.267 bits per heavy atom. The lowest BCUT2D eigenvalue weighted by Gasteiger charge is -2.34. The molecule has 0 nitrogen and oxygen atoms in total. The summed E-state index contributed by atoms with van der Waals surface area (Å²) in [6.45, 7) is 0. The van der Waals surface area contributed by atoms with Gasteiger partial charge in [0.15, 0.2) is 0 Å². The Hall–Kier alpha value is -5.72. The van der Waals surface area contributed by atoms with Crippen molar-refractivity contribution < 1.29 is 0 Å². The summed E-state index contributed by atoms with van der Waals surface area (Å²) in [7, 11) is 0. The monoisotopic (exact) mass is 570 g/mol. The summed E-state index contributed by atoms with van der Waals surface area (Å²) in [5.41, 5.74) is 12.4. The van der Waals surface area contributed by atoms with Crippen LogP contribution in [0.4, 0.5) is 0 Å². The number of hydrogen-bond acceptors (Lipinski definition) is 0. The predicted octanol–water partition coefficient (Wildman–Crippen LogP) is 11.7. The molecule has 0 heteroatoms. The van der Waals surface area contributed by atoms with Gasteiger partial charge in [0.25, 0.3) is 0 Å². The largest absolute Gasteiger partial charge is 0.0714 e. The maximum Gasteiger partial charge on any atom is 0.0714 e. The Morgan fingerprint density at radius 2 is 0.644 bits per heavy atom. The molecule has 0 N–H and O–H groups in total. The summed E-state index contributed by atoms with van der Waals surface area (Å²) >= 11 is 0. The predicted molar refractivity (Wildman–Crippen MR) is 190 cm³/mol. The van der Waals surface area contributed by atoms with E-state index in [1.165, 1.54) is 77.2 Å². The van der Waals surface area contributed by atoms with Gasteiger partial charge >= 0.3 is 0 Å². The average molecular weight is 571 g/mol. The molecule has 8 aromatic rings. The van der Waals surface area contributed by atoms with Crippen LogP contribution in [0.1, 0.15) is 22.3 Å². The molecule has 8 aromatic carbocycles. The molecule has 210 valence electrons. The fourth-order valence-corrected chi connectivity index (χ4v) is 7.60. The lowest BCUT2D eigenvalue weighted by Crippen LogP contribution is -2.28. The minimum atomic E-state index is -0.439. The van der Waals surface area contributed by atoms with E-state index in [4.69, 9.17) is 0 Å². The molecule has 0 aromatic heterocycles. The van der Waals surface area contributed by atoms with Gasteiger partial charge in [-0.25, -0.2) is 0 Å². The van der Waals surface area contributed by atoms with Crippen LogP contribution in [0.3, 0.4) is 0 Å². The molecule has 0 aliphatic heterocycles. The van der Waals surface area contributed by atoms with Gasteiger partial charge in [-0.05, 0) is 101 Å². The van der Waals surface area contributed by atoms with E-state index in [1.54, 1.807) is 0 Å². The van der Waals surface area contributed by atoms with Crippen LogP contribution in [-0.2, 0) is 5.41 Å².